The number of aromatic nitrogens is 1. The number of piperidine rings is 1. The van der Waals surface area contributed by atoms with Gasteiger partial charge in [-0.05, 0) is 68.2 Å². The van der Waals surface area contributed by atoms with Crippen molar-refractivity contribution in [3.05, 3.63) is 53.9 Å². The van der Waals surface area contributed by atoms with Gasteiger partial charge >= 0.3 is 0 Å². The van der Waals surface area contributed by atoms with E-state index in [0.29, 0.717) is 18.0 Å². The van der Waals surface area contributed by atoms with E-state index >= 15 is 0 Å². The van der Waals surface area contributed by atoms with E-state index in [1.54, 1.807) is 13.3 Å². The standard InChI is InChI=1S/C23H33N3O3/c1-28-22-8-7-20(16-25-11-9-19-6-5-10-24-15-19)14-23(22)29-18-21(27)17-26-12-3-2-4-13-26/h5-8,10,14-15,21,25,27H,2-4,9,11-13,16-18H2,1H3/t21-/m1/s1. The summed E-state index contributed by atoms with van der Waals surface area (Å²) in [6.07, 6.45) is 7.86. The molecule has 2 N–H and O–H groups in total. The summed E-state index contributed by atoms with van der Waals surface area (Å²) >= 11 is 0. The molecule has 3 rings (SSSR count). The molecule has 1 aliphatic rings. The molecule has 0 bridgehead atoms. The van der Waals surface area contributed by atoms with Crippen LogP contribution in [0.5, 0.6) is 11.5 Å². The molecule has 158 valence electrons. The zero-order valence-electron chi connectivity index (χ0n) is 17.3. The number of nitrogens with zero attached hydrogens (tertiary/aromatic N) is 2. The van der Waals surface area contributed by atoms with Crippen molar-refractivity contribution in [2.24, 2.45) is 0 Å². The number of likely N-dealkylation sites (tertiary alicyclic amines) is 1. The summed E-state index contributed by atoms with van der Waals surface area (Å²) in [7, 11) is 1.64. The van der Waals surface area contributed by atoms with E-state index in [1.807, 2.05) is 30.5 Å². The number of aliphatic hydroxyl groups is 1. The third kappa shape index (κ3) is 7.31. The molecule has 2 aromatic rings. The van der Waals surface area contributed by atoms with Gasteiger partial charge in [0.05, 0.1) is 7.11 Å². The molecule has 0 spiro atoms. The first-order valence-corrected chi connectivity index (χ1v) is 10.5. The molecule has 0 radical (unpaired) electrons. The highest BCUT2D eigenvalue weighted by Crippen LogP contribution is 2.28. The molecule has 29 heavy (non-hydrogen) atoms. The van der Waals surface area contributed by atoms with E-state index in [1.165, 1.54) is 24.8 Å². The lowest BCUT2D eigenvalue weighted by atomic mass is 10.1. The van der Waals surface area contributed by atoms with Gasteiger partial charge in [-0.25, -0.2) is 0 Å². The maximum absolute atomic E-state index is 10.4. The van der Waals surface area contributed by atoms with Crippen molar-refractivity contribution in [3.63, 3.8) is 0 Å². The molecule has 0 saturated carbocycles. The Labute approximate surface area is 173 Å². The summed E-state index contributed by atoms with van der Waals surface area (Å²) in [6, 6.07) is 9.99. The number of hydrogen-bond acceptors (Lipinski definition) is 6. The third-order valence-electron chi connectivity index (χ3n) is 5.22. The second-order valence-electron chi connectivity index (χ2n) is 7.60. The number of rotatable bonds is 11. The Morgan fingerprint density at radius 2 is 2.00 bits per heavy atom. The minimum Gasteiger partial charge on any atom is -0.493 e. The summed E-state index contributed by atoms with van der Waals surface area (Å²) in [5.74, 6) is 1.37. The maximum Gasteiger partial charge on any atom is 0.161 e. The molecule has 6 nitrogen and oxygen atoms in total. The Hall–Kier alpha value is -2.15. The average molecular weight is 400 g/mol. The lowest BCUT2D eigenvalue weighted by Gasteiger charge is -2.28. The van der Waals surface area contributed by atoms with Crippen LogP contribution in [-0.4, -0.2) is 61.0 Å². The van der Waals surface area contributed by atoms with Crippen molar-refractivity contribution in [2.45, 2.75) is 38.3 Å². The second-order valence-corrected chi connectivity index (χ2v) is 7.60. The van der Waals surface area contributed by atoms with Crippen molar-refractivity contribution in [1.29, 1.82) is 0 Å². The van der Waals surface area contributed by atoms with Gasteiger partial charge in [0.2, 0.25) is 0 Å². The van der Waals surface area contributed by atoms with Crippen molar-refractivity contribution in [3.8, 4) is 11.5 Å². The van der Waals surface area contributed by atoms with Crippen molar-refractivity contribution in [1.82, 2.24) is 15.2 Å². The third-order valence-corrected chi connectivity index (χ3v) is 5.22. The molecule has 0 aliphatic carbocycles. The fourth-order valence-electron chi connectivity index (χ4n) is 3.63. The zero-order chi connectivity index (χ0) is 20.3. The predicted octanol–water partition coefficient (Wildman–Crippen LogP) is 2.65. The summed E-state index contributed by atoms with van der Waals surface area (Å²) in [5.41, 5.74) is 2.35. The van der Waals surface area contributed by atoms with Crippen molar-refractivity contribution in [2.75, 3.05) is 39.9 Å². The molecular weight excluding hydrogens is 366 g/mol. The molecule has 0 unspecified atom stereocenters. The lowest BCUT2D eigenvalue weighted by Crippen LogP contribution is -2.38. The lowest BCUT2D eigenvalue weighted by molar-refractivity contribution is 0.0608. The van der Waals surface area contributed by atoms with Gasteiger partial charge in [-0.3, -0.25) is 4.98 Å². The number of nitrogens with one attached hydrogen (secondary N) is 1. The first-order valence-electron chi connectivity index (χ1n) is 10.5. The van der Waals surface area contributed by atoms with E-state index in [9.17, 15) is 5.11 Å². The summed E-state index contributed by atoms with van der Waals surface area (Å²) in [6.45, 7) is 4.70. The molecule has 1 aliphatic heterocycles. The number of pyridine rings is 1. The highest BCUT2D eigenvalue weighted by atomic mass is 16.5. The molecular formula is C23H33N3O3. The van der Waals surface area contributed by atoms with Gasteiger partial charge in [0, 0.05) is 25.5 Å². The summed E-state index contributed by atoms with van der Waals surface area (Å²) in [4.78, 5) is 6.46. The smallest absolute Gasteiger partial charge is 0.161 e. The number of aliphatic hydroxyl groups excluding tert-OH is 1. The van der Waals surface area contributed by atoms with Crippen LogP contribution in [0.15, 0.2) is 42.7 Å². The molecule has 1 aromatic carbocycles. The molecule has 1 fully saturated rings. The van der Waals surface area contributed by atoms with Crippen molar-refractivity contribution < 1.29 is 14.6 Å². The van der Waals surface area contributed by atoms with Gasteiger partial charge in [-0.1, -0.05) is 18.6 Å². The highest BCUT2D eigenvalue weighted by molar-refractivity contribution is 5.43. The van der Waals surface area contributed by atoms with Crippen LogP contribution in [0.4, 0.5) is 0 Å². The van der Waals surface area contributed by atoms with E-state index in [-0.39, 0.29) is 6.61 Å². The first-order chi connectivity index (χ1) is 14.2. The quantitative estimate of drug-likeness (QED) is 0.567. The fraction of sp³-hybridized carbons (Fsp3) is 0.522. The monoisotopic (exact) mass is 399 g/mol. The molecule has 0 amide bonds. The molecule has 1 aromatic heterocycles. The molecule has 1 atom stereocenters. The van der Waals surface area contributed by atoms with E-state index in [2.05, 4.69) is 21.3 Å². The summed E-state index contributed by atoms with van der Waals surface area (Å²) < 4.78 is 11.3. The number of β-amino-alcohol motifs (C(OH)–C–C–N with tert-alkyl or cyclic N) is 1. The Morgan fingerprint density at radius 1 is 1.14 bits per heavy atom. The highest BCUT2D eigenvalue weighted by Gasteiger charge is 2.16. The van der Waals surface area contributed by atoms with E-state index in [4.69, 9.17) is 9.47 Å². The normalized spacial score (nSPS) is 15.8. The largest absolute Gasteiger partial charge is 0.493 e. The first kappa shape index (κ1) is 21.6. The molecule has 6 heteroatoms. The minimum absolute atomic E-state index is 0.269. The summed E-state index contributed by atoms with van der Waals surface area (Å²) in [5, 5.41) is 13.8. The van der Waals surface area contributed by atoms with E-state index in [0.717, 1.165) is 38.2 Å². The average Bonchev–Trinajstić information content (AvgIpc) is 2.77. The predicted molar refractivity (Wildman–Crippen MR) is 114 cm³/mol. The number of hydrogen-bond donors (Lipinski definition) is 2. The molecule has 2 heterocycles. The van der Waals surface area contributed by atoms with Crippen LogP contribution < -0.4 is 14.8 Å². The van der Waals surface area contributed by atoms with Crippen molar-refractivity contribution >= 4 is 0 Å². The number of benzene rings is 1. The zero-order valence-corrected chi connectivity index (χ0v) is 17.3. The molecule has 1 saturated heterocycles. The van der Waals surface area contributed by atoms with Gasteiger partial charge in [-0.15, -0.1) is 0 Å². The Balaban J connectivity index is 1.46. The van der Waals surface area contributed by atoms with Crippen LogP contribution in [0.1, 0.15) is 30.4 Å². The van der Waals surface area contributed by atoms with Crippen LogP contribution in [0.25, 0.3) is 0 Å². The van der Waals surface area contributed by atoms with Gasteiger partial charge in [0.1, 0.15) is 12.7 Å². The minimum atomic E-state index is -0.501. The topological polar surface area (TPSA) is 66.8 Å². The van der Waals surface area contributed by atoms with Crippen LogP contribution in [0, 0.1) is 0 Å². The van der Waals surface area contributed by atoms with Crippen LogP contribution in [0.3, 0.4) is 0 Å². The van der Waals surface area contributed by atoms with E-state index < -0.39 is 6.10 Å². The number of methoxy groups -OCH3 is 1. The van der Waals surface area contributed by atoms with Gasteiger partial charge < -0.3 is 24.8 Å². The Kier molecular flexibility index (Phi) is 8.74. The Morgan fingerprint density at radius 3 is 2.76 bits per heavy atom. The van der Waals surface area contributed by atoms with Gasteiger partial charge in [0.25, 0.3) is 0 Å². The SMILES string of the molecule is COc1ccc(CNCCc2cccnc2)cc1OC[C@H](O)CN1CCCCC1. The number of ether oxygens (including phenoxy) is 2. The van der Waals surface area contributed by atoms with Crippen LogP contribution in [0.2, 0.25) is 0 Å². The van der Waals surface area contributed by atoms with Gasteiger partial charge in [-0.2, -0.15) is 0 Å². The van der Waals surface area contributed by atoms with Gasteiger partial charge in [0.15, 0.2) is 11.5 Å². The van der Waals surface area contributed by atoms with Crippen LogP contribution in [-0.2, 0) is 13.0 Å². The second kappa shape index (κ2) is 11.8. The fourth-order valence-corrected chi connectivity index (χ4v) is 3.63. The van der Waals surface area contributed by atoms with Crippen LogP contribution >= 0.6 is 0 Å². The Bertz CT molecular complexity index is 721. The maximum atomic E-state index is 10.4.